The molecule has 1 amide bonds. The number of ether oxygens (including phenoxy) is 1. The first kappa shape index (κ1) is 18.2. The van der Waals surface area contributed by atoms with Gasteiger partial charge in [-0.05, 0) is 49.6 Å². The van der Waals surface area contributed by atoms with Gasteiger partial charge in [-0.2, -0.15) is 0 Å². The fourth-order valence-electron chi connectivity index (χ4n) is 3.86. The minimum Gasteiger partial charge on any atom is -0.494 e. The Hall–Kier alpha value is -3.15. The number of hydrogen-bond donors (Lipinski definition) is 0. The van der Waals surface area contributed by atoms with Gasteiger partial charge >= 0.3 is 0 Å². The van der Waals surface area contributed by atoms with Crippen molar-refractivity contribution in [2.75, 3.05) is 13.2 Å². The minimum atomic E-state index is -0.360. The van der Waals surface area contributed by atoms with Crippen LogP contribution in [0, 0.1) is 0 Å². The molecule has 0 unspecified atom stereocenters. The fourth-order valence-corrected chi connectivity index (χ4v) is 3.86. The van der Waals surface area contributed by atoms with Gasteiger partial charge in [-0.1, -0.05) is 24.3 Å². The second-order valence-electron chi connectivity index (χ2n) is 6.97. The summed E-state index contributed by atoms with van der Waals surface area (Å²) in [5, 5.41) is 0. The number of rotatable bonds is 4. The predicted octanol–water partition coefficient (Wildman–Crippen LogP) is 3.31. The van der Waals surface area contributed by atoms with Crippen molar-refractivity contribution in [3.8, 4) is 5.75 Å². The first-order chi connectivity index (χ1) is 13.6. The van der Waals surface area contributed by atoms with Crippen LogP contribution in [-0.2, 0) is 7.05 Å². The summed E-state index contributed by atoms with van der Waals surface area (Å²) in [4.78, 5) is 32.2. The third-order valence-corrected chi connectivity index (χ3v) is 5.27. The van der Waals surface area contributed by atoms with E-state index in [1.54, 1.807) is 11.9 Å². The maximum Gasteiger partial charge on any atom is 0.282 e. The molecule has 0 aliphatic carbocycles. The summed E-state index contributed by atoms with van der Waals surface area (Å²) >= 11 is 0. The molecule has 0 radical (unpaired) electrons. The predicted molar refractivity (Wildman–Crippen MR) is 108 cm³/mol. The molecule has 4 rings (SSSR count). The molecule has 1 fully saturated rings. The number of aryl methyl sites for hydroxylation is 1. The molecule has 0 N–H and O–H groups in total. The van der Waals surface area contributed by atoms with E-state index in [2.05, 4.69) is 4.98 Å². The molecule has 1 aromatic heterocycles. The van der Waals surface area contributed by atoms with E-state index in [4.69, 9.17) is 4.74 Å². The van der Waals surface area contributed by atoms with Crippen LogP contribution in [-0.4, -0.2) is 33.5 Å². The number of likely N-dealkylation sites (tertiary alicyclic amines) is 1. The second kappa shape index (κ2) is 7.46. The van der Waals surface area contributed by atoms with Gasteiger partial charge in [-0.15, -0.1) is 0 Å². The van der Waals surface area contributed by atoms with E-state index in [0.29, 0.717) is 24.2 Å². The van der Waals surface area contributed by atoms with Crippen LogP contribution in [0.5, 0.6) is 5.75 Å². The van der Waals surface area contributed by atoms with Crippen LogP contribution >= 0.6 is 0 Å². The van der Waals surface area contributed by atoms with Crippen LogP contribution in [0.2, 0.25) is 0 Å². The molecule has 0 bridgehead atoms. The lowest BCUT2D eigenvalue weighted by atomic mass is 10.0. The van der Waals surface area contributed by atoms with Gasteiger partial charge in [0.15, 0.2) is 5.69 Å². The number of hydrogen-bond acceptors (Lipinski definition) is 4. The third kappa shape index (κ3) is 3.15. The maximum absolute atomic E-state index is 13.2. The zero-order chi connectivity index (χ0) is 19.7. The lowest BCUT2D eigenvalue weighted by Crippen LogP contribution is -2.37. The van der Waals surface area contributed by atoms with Crippen molar-refractivity contribution >= 4 is 16.9 Å². The van der Waals surface area contributed by atoms with Gasteiger partial charge in [0.2, 0.25) is 0 Å². The highest BCUT2D eigenvalue weighted by Crippen LogP contribution is 2.33. The normalized spacial score (nSPS) is 16.5. The molecule has 2 aromatic carbocycles. The summed E-state index contributed by atoms with van der Waals surface area (Å²) in [5.74, 6) is 0.509. The number of para-hydroxylation sites is 2. The monoisotopic (exact) mass is 377 g/mol. The Balaban J connectivity index is 1.68. The average Bonchev–Trinajstić information content (AvgIpc) is 3.21. The first-order valence-corrected chi connectivity index (χ1v) is 9.59. The summed E-state index contributed by atoms with van der Waals surface area (Å²) in [6.45, 7) is 3.18. The van der Waals surface area contributed by atoms with Crippen LogP contribution in [0.3, 0.4) is 0 Å². The molecule has 0 saturated carbocycles. The number of amides is 1. The van der Waals surface area contributed by atoms with Crippen molar-refractivity contribution in [3.63, 3.8) is 0 Å². The molecule has 144 valence electrons. The van der Waals surface area contributed by atoms with Gasteiger partial charge in [0.05, 0.1) is 23.7 Å². The molecule has 3 aromatic rings. The van der Waals surface area contributed by atoms with Gasteiger partial charge in [-0.25, -0.2) is 4.98 Å². The number of aromatic nitrogens is 2. The summed E-state index contributed by atoms with van der Waals surface area (Å²) in [6, 6.07) is 15.1. The highest BCUT2D eigenvalue weighted by Gasteiger charge is 2.33. The number of fused-ring (bicyclic) bond motifs is 1. The summed E-state index contributed by atoms with van der Waals surface area (Å²) in [7, 11) is 1.68. The van der Waals surface area contributed by atoms with E-state index in [-0.39, 0.29) is 23.2 Å². The van der Waals surface area contributed by atoms with Crippen molar-refractivity contribution in [2.45, 2.75) is 25.8 Å². The van der Waals surface area contributed by atoms with Crippen LogP contribution < -0.4 is 10.3 Å². The SMILES string of the molecule is CCOc1ccc([C@H]2CCCN2C(=O)c2nc3ccccc3n(C)c2=O)cc1. The first-order valence-electron chi connectivity index (χ1n) is 9.59. The Labute approximate surface area is 163 Å². The lowest BCUT2D eigenvalue weighted by molar-refractivity contribution is 0.0727. The van der Waals surface area contributed by atoms with Crippen LogP contribution in [0.15, 0.2) is 53.3 Å². The van der Waals surface area contributed by atoms with E-state index >= 15 is 0 Å². The topological polar surface area (TPSA) is 64.4 Å². The number of carbonyl (C=O) groups is 1. The third-order valence-electron chi connectivity index (χ3n) is 5.27. The molecule has 1 atom stereocenters. The van der Waals surface area contributed by atoms with E-state index in [9.17, 15) is 9.59 Å². The van der Waals surface area contributed by atoms with Crippen molar-refractivity contribution in [1.29, 1.82) is 0 Å². The van der Waals surface area contributed by atoms with Crippen molar-refractivity contribution in [3.05, 3.63) is 70.1 Å². The van der Waals surface area contributed by atoms with E-state index in [1.807, 2.05) is 55.5 Å². The second-order valence-corrected chi connectivity index (χ2v) is 6.97. The Morgan fingerprint density at radius 3 is 2.68 bits per heavy atom. The number of benzene rings is 2. The number of carbonyl (C=O) groups excluding carboxylic acids is 1. The van der Waals surface area contributed by atoms with Crippen LogP contribution in [0.25, 0.3) is 11.0 Å². The Kier molecular flexibility index (Phi) is 4.86. The number of nitrogens with zero attached hydrogens (tertiary/aromatic N) is 3. The van der Waals surface area contributed by atoms with Crippen LogP contribution in [0.4, 0.5) is 0 Å². The van der Waals surface area contributed by atoms with Gasteiger partial charge < -0.3 is 14.2 Å². The minimum absolute atomic E-state index is 0.0148. The van der Waals surface area contributed by atoms with Gasteiger partial charge in [0.25, 0.3) is 11.5 Å². The smallest absolute Gasteiger partial charge is 0.282 e. The summed E-state index contributed by atoms with van der Waals surface area (Å²) in [5.41, 5.74) is 2.03. The molecule has 28 heavy (non-hydrogen) atoms. The molecule has 6 heteroatoms. The highest BCUT2D eigenvalue weighted by atomic mass is 16.5. The maximum atomic E-state index is 13.2. The quantitative estimate of drug-likeness (QED) is 0.700. The van der Waals surface area contributed by atoms with E-state index in [1.165, 1.54) is 4.57 Å². The Morgan fingerprint density at radius 2 is 1.93 bits per heavy atom. The fraction of sp³-hybridized carbons (Fsp3) is 0.318. The summed E-state index contributed by atoms with van der Waals surface area (Å²) in [6.07, 6.45) is 1.77. The van der Waals surface area contributed by atoms with Gasteiger partial charge in [-0.3, -0.25) is 9.59 Å². The molecule has 6 nitrogen and oxygen atoms in total. The molecule has 1 aliphatic rings. The zero-order valence-electron chi connectivity index (χ0n) is 16.1. The molecular weight excluding hydrogens is 354 g/mol. The van der Waals surface area contributed by atoms with Crippen molar-refractivity contribution < 1.29 is 9.53 Å². The molecule has 0 spiro atoms. The molecule has 2 heterocycles. The van der Waals surface area contributed by atoms with Crippen molar-refractivity contribution in [2.24, 2.45) is 7.05 Å². The average molecular weight is 377 g/mol. The van der Waals surface area contributed by atoms with Crippen molar-refractivity contribution in [1.82, 2.24) is 14.5 Å². The van der Waals surface area contributed by atoms with Gasteiger partial charge in [0.1, 0.15) is 5.75 Å². The lowest BCUT2D eigenvalue weighted by Gasteiger charge is -2.25. The standard InChI is InChI=1S/C22H23N3O3/c1-3-28-16-12-10-15(11-13-16)18-9-6-14-25(18)22(27)20-21(26)24(2)19-8-5-4-7-17(19)23-20/h4-5,7-8,10-13,18H,3,6,9,14H2,1-2H3/t18-/m1/s1. The highest BCUT2D eigenvalue weighted by molar-refractivity contribution is 5.94. The largest absolute Gasteiger partial charge is 0.494 e. The molecular formula is C22H23N3O3. The Bertz CT molecular complexity index is 1070. The van der Waals surface area contributed by atoms with Crippen LogP contribution in [0.1, 0.15) is 41.9 Å². The van der Waals surface area contributed by atoms with Gasteiger partial charge in [0, 0.05) is 13.6 Å². The summed E-state index contributed by atoms with van der Waals surface area (Å²) < 4.78 is 7.00. The van der Waals surface area contributed by atoms with E-state index in [0.717, 1.165) is 24.2 Å². The Morgan fingerprint density at radius 1 is 1.18 bits per heavy atom. The molecule has 1 saturated heterocycles. The van der Waals surface area contributed by atoms with E-state index < -0.39 is 0 Å². The molecule has 1 aliphatic heterocycles. The zero-order valence-corrected chi connectivity index (χ0v) is 16.1.